The maximum Gasteiger partial charge on any atom is 0.175 e. The molecule has 0 amide bonds. The van der Waals surface area contributed by atoms with Crippen molar-refractivity contribution in [2.45, 2.75) is 4.90 Å². The smallest absolute Gasteiger partial charge is 0.175 e. The molecule has 3 nitrogen and oxygen atoms in total. The van der Waals surface area contributed by atoms with Crippen molar-refractivity contribution < 1.29 is 8.42 Å². The molecule has 19 heavy (non-hydrogen) atoms. The molecule has 2 rings (SSSR count). The van der Waals surface area contributed by atoms with E-state index >= 15 is 0 Å². The van der Waals surface area contributed by atoms with E-state index in [1.807, 2.05) is 30.3 Å². The van der Waals surface area contributed by atoms with Crippen LogP contribution in [0, 0.1) is 0 Å². The van der Waals surface area contributed by atoms with Gasteiger partial charge in [0.25, 0.3) is 0 Å². The van der Waals surface area contributed by atoms with Crippen LogP contribution in [-0.4, -0.2) is 14.7 Å². The van der Waals surface area contributed by atoms with Gasteiger partial charge in [0.15, 0.2) is 9.84 Å². The molecule has 2 aromatic rings. The van der Waals surface area contributed by atoms with E-state index in [9.17, 15) is 8.42 Å². The highest BCUT2D eigenvalue weighted by molar-refractivity contribution is 7.90. The Morgan fingerprint density at radius 1 is 1.00 bits per heavy atom. The quantitative estimate of drug-likeness (QED) is 0.930. The molecular weight excluding hydrogens is 258 g/mol. The van der Waals surface area contributed by atoms with Crippen LogP contribution >= 0.6 is 0 Å². The van der Waals surface area contributed by atoms with E-state index in [4.69, 9.17) is 0 Å². The SMILES string of the molecule is C=C(Nc1ccc(S(C)(=O)=O)cc1)c1ccccc1. The molecule has 0 atom stereocenters. The normalized spacial score (nSPS) is 11.0. The Morgan fingerprint density at radius 3 is 2.11 bits per heavy atom. The lowest BCUT2D eigenvalue weighted by molar-refractivity contribution is 0.602. The average Bonchev–Trinajstić information content (AvgIpc) is 2.39. The molecule has 1 N–H and O–H groups in total. The number of hydrogen-bond acceptors (Lipinski definition) is 3. The van der Waals surface area contributed by atoms with E-state index in [0.29, 0.717) is 4.90 Å². The van der Waals surface area contributed by atoms with Crippen LogP contribution in [0.5, 0.6) is 0 Å². The van der Waals surface area contributed by atoms with Crippen molar-refractivity contribution in [2.24, 2.45) is 0 Å². The summed E-state index contributed by atoms with van der Waals surface area (Å²) in [6, 6.07) is 16.4. The largest absolute Gasteiger partial charge is 0.356 e. The second-order valence-electron chi connectivity index (χ2n) is 4.27. The van der Waals surface area contributed by atoms with Crippen molar-refractivity contribution in [3.05, 3.63) is 66.7 Å². The van der Waals surface area contributed by atoms with E-state index in [2.05, 4.69) is 11.9 Å². The molecule has 2 aromatic carbocycles. The molecule has 0 radical (unpaired) electrons. The van der Waals surface area contributed by atoms with Crippen molar-refractivity contribution in [2.75, 3.05) is 11.6 Å². The van der Waals surface area contributed by atoms with Crippen LogP contribution in [0.2, 0.25) is 0 Å². The summed E-state index contributed by atoms with van der Waals surface area (Å²) in [6.45, 7) is 3.96. The molecular formula is C15H15NO2S. The van der Waals surface area contributed by atoms with Crippen molar-refractivity contribution in [1.82, 2.24) is 0 Å². The average molecular weight is 273 g/mol. The first-order valence-electron chi connectivity index (χ1n) is 5.78. The number of anilines is 1. The second kappa shape index (κ2) is 5.28. The van der Waals surface area contributed by atoms with E-state index in [1.165, 1.54) is 6.26 Å². The second-order valence-corrected chi connectivity index (χ2v) is 6.28. The molecule has 0 spiro atoms. The Bertz CT molecular complexity index is 674. The van der Waals surface area contributed by atoms with Crippen LogP contribution in [0.4, 0.5) is 5.69 Å². The summed E-state index contributed by atoms with van der Waals surface area (Å²) in [7, 11) is -3.15. The van der Waals surface area contributed by atoms with Gasteiger partial charge < -0.3 is 5.32 Å². The van der Waals surface area contributed by atoms with Gasteiger partial charge in [0, 0.05) is 17.6 Å². The van der Waals surface area contributed by atoms with E-state index in [-0.39, 0.29) is 0 Å². The minimum absolute atomic E-state index is 0.309. The molecule has 98 valence electrons. The van der Waals surface area contributed by atoms with Gasteiger partial charge in [-0.3, -0.25) is 0 Å². The van der Waals surface area contributed by atoms with Gasteiger partial charge in [-0.15, -0.1) is 0 Å². The minimum Gasteiger partial charge on any atom is -0.356 e. The number of hydrogen-bond donors (Lipinski definition) is 1. The first-order chi connectivity index (χ1) is 8.97. The minimum atomic E-state index is -3.15. The third kappa shape index (κ3) is 3.45. The van der Waals surface area contributed by atoms with Crippen LogP contribution in [0.25, 0.3) is 5.70 Å². The van der Waals surface area contributed by atoms with E-state index < -0.39 is 9.84 Å². The summed E-state index contributed by atoms with van der Waals surface area (Å²) in [5.74, 6) is 0. The lowest BCUT2D eigenvalue weighted by atomic mass is 10.1. The topological polar surface area (TPSA) is 46.2 Å². The molecule has 0 aromatic heterocycles. The van der Waals surface area contributed by atoms with Gasteiger partial charge in [0.1, 0.15) is 0 Å². The number of sulfone groups is 1. The molecule has 0 aliphatic heterocycles. The summed E-state index contributed by atoms with van der Waals surface area (Å²) < 4.78 is 22.7. The molecule has 0 fully saturated rings. The first kappa shape index (κ1) is 13.4. The highest BCUT2D eigenvalue weighted by Crippen LogP contribution is 2.18. The zero-order valence-electron chi connectivity index (χ0n) is 10.6. The molecule has 0 saturated carbocycles. The highest BCUT2D eigenvalue weighted by Gasteiger charge is 2.06. The van der Waals surface area contributed by atoms with Crippen LogP contribution in [-0.2, 0) is 9.84 Å². The van der Waals surface area contributed by atoms with Gasteiger partial charge in [0.05, 0.1) is 4.90 Å². The van der Waals surface area contributed by atoms with Gasteiger partial charge >= 0.3 is 0 Å². The Morgan fingerprint density at radius 2 is 1.58 bits per heavy atom. The Balaban J connectivity index is 2.15. The number of nitrogens with one attached hydrogen (secondary N) is 1. The zero-order valence-corrected chi connectivity index (χ0v) is 11.4. The molecule has 0 aliphatic rings. The maximum atomic E-state index is 11.3. The molecule has 0 unspecified atom stereocenters. The standard InChI is InChI=1S/C15H15NO2S/c1-12(13-6-4-3-5-7-13)16-14-8-10-15(11-9-14)19(2,17)18/h3-11,16H,1H2,2H3. The fourth-order valence-electron chi connectivity index (χ4n) is 1.67. The summed E-state index contributed by atoms with van der Waals surface area (Å²) in [5.41, 5.74) is 2.57. The highest BCUT2D eigenvalue weighted by atomic mass is 32.2. The molecule has 0 heterocycles. The van der Waals surface area contributed by atoms with Crippen LogP contribution < -0.4 is 5.32 Å². The fraction of sp³-hybridized carbons (Fsp3) is 0.0667. The van der Waals surface area contributed by atoms with E-state index in [0.717, 1.165) is 16.9 Å². The first-order valence-corrected chi connectivity index (χ1v) is 7.67. The van der Waals surface area contributed by atoms with Crippen LogP contribution in [0.3, 0.4) is 0 Å². The predicted octanol–water partition coefficient (Wildman–Crippen LogP) is 3.17. The third-order valence-corrected chi connectivity index (χ3v) is 3.83. The molecule has 0 bridgehead atoms. The Kier molecular flexibility index (Phi) is 3.71. The molecule has 0 aliphatic carbocycles. The van der Waals surface area contributed by atoms with Crippen molar-refractivity contribution in [3.63, 3.8) is 0 Å². The van der Waals surface area contributed by atoms with Crippen LogP contribution in [0.15, 0.2) is 66.1 Å². The van der Waals surface area contributed by atoms with Crippen molar-refractivity contribution in [1.29, 1.82) is 0 Å². The maximum absolute atomic E-state index is 11.3. The molecule has 4 heteroatoms. The van der Waals surface area contributed by atoms with E-state index in [1.54, 1.807) is 24.3 Å². The third-order valence-electron chi connectivity index (χ3n) is 2.70. The Hall–Kier alpha value is -2.07. The van der Waals surface area contributed by atoms with Crippen molar-refractivity contribution in [3.8, 4) is 0 Å². The Labute approximate surface area is 113 Å². The fourth-order valence-corrected chi connectivity index (χ4v) is 2.30. The number of benzene rings is 2. The lowest BCUT2D eigenvalue weighted by Gasteiger charge is -2.10. The lowest BCUT2D eigenvalue weighted by Crippen LogP contribution is -1.99. The van der Waals surface area contributed by atoms with Gasteiger partial charge in [-0.2, -0.15) is 0 Å². The predicted molar refractivity (Wildman–Crippen MR) is 78.7 cm³/mol. The van der Waals surface area contributed by atoms with Gasteiger partial charge in [-0.05, 0) is 29.8 Å². The number of rotatable bonds is 4. The summed E-state index contributed by atoms with van der Waals surface area (Å²) in [6.07, 6.45) is 1.19. The summed E-state index contributed by atoms with van der Waals surface area (Å²) in [4.78, 5) is 0.309. The van der Waals surface area contributed by atoms with Gasteiger partial charge in [-0.1, -0.05) is 36.9 Å². The van der Waals surface area contributed by atoms with Crippen LogP contribution in [0.1, 0.15) is 5.56 Å². The molecule has 0 saturated heterocycles. The zero-order chi connectivity index (χ0) is 13.9. The summed E-state index contributed by atoms with van der Waals surface area (Å²) in [5, 5.41) is 3.15. The monoisotopic (exact) mass is 273 g/mol. The van der Waals surface area contributed by atoms with Gasteiger partial charge in [-0.25, -0.2) is 8.42 Å². The van der Waals surface area contributed by atoms with Crippen molar-refractivity contribution >= 4 is 21.2 Å². The van der Waals surface area contributed by atoms with Gasteiger partial charge in [0.2, 0.25) is 0 Å². The summed E-state index contributed by atoms with van der Waals surface area (Å²) >= 11 is 0.